The molecular formula is C122H141IN8O17. The number of Topliss-reactive ketones (excluding diaryl/α,β-unsaturated/α-hetero) is 2. The number of benzene rings is 10. The molecule has 14 aliphatic rings. The van der Waals surface area contributed by atoms with Crippen LogP contribution in [0.15, 0.2) is 273 Å². The molecular weight excluding hydrogens is 1980 g/mol. The average molecular weight is 2120 g/mol. The molecule has 0 bridgehead atoms. The van der Waals surface area contributed by atoms with Crippen LogP contribution in [-0.4, -0.2) is 154 Å². The van der Waals surface area contributed by atoms with Crippen molar-refractivity contribution in [1.82, 2.24) is 15.1 Å². The summed E-state index contributed by atoms with van der Waals surface area (Å²) < 4.78 is 33.2. The molecule has 1 saturated heterocycles. The number of carbonyl (C=O) groups is 9. The summed E-state index contributed by atoms with van der Waals surface area (Å²) in [5.41, 5.74) is 13.3. The summed E-state index contributed by atoms with van der Waals surface area (Å²) in [6.07, 6.45) is 19.4. The van der Waals surface area contributed by atoms with Gasteiger partial charge in [-0.25, -0.2) is 24.0 Å². The zero-order chi connectivity index (χ0) is 103. The Morgan fingerprint density at radius 3 is 1.01 bits per heavy atom. The van der Waals surface area contributed by atoms with Crippen LogP contribution < -0.4 is 29.8 Å². The Kier molecular flexibility index (Phi) is 34.6. The van der Waals surface area contributed by atoms with E-state index in [2.05, 4.69) is 88.8 Å². The summed E-state index contributed by atoms with van der Waals surface area (Å²) in [5.74, 6) is -1.26. The van der Waals surface area contributed by atoms with Crippen LogP contribution in [0, 0.1) is 27.6 Å². The summed E-state index contributed by atoms with van der Waals surface area (Å²) in [4.78, 5) is 129. The van der Waals surface area contributed by atoms with Gasteiger partial charge in [-0.1, -0.05) is 288 Å². The number of hydrogen-bond acceptors (Lipinski definition) is 18. The number of hydrogen-bond donors (Lipinski definition) is 3. The van der Waals surface area contributed by atoms with E-state index in [1.165, 1.54) is 31.2 Å². The topological polar surface area (TPSA) is 284 Å². The van der Waals surface area contributed by atoms with Crippen molar-refractivity contribution in [2.24, 2.45) is 27.6 Å². The van der Waals surface area contributed by atoms with Gasteiger partial charge in [-0.2, -0.15) is 0 Å². The van der Waals surface area contributed by atoms with Gasteiger partial charge in [0.1, 0.15) is 33.0 Å². The van der Waals surface area contributed by atoms with Gasteiger partial charge < -0.3 is 44.0 Å². The van der Waals surface area contributed by atoms with Gasteiger partial charge in [0.2, 0.25) is 0 Å². The third-order valence-corrected chi connectivity index (χ3v) is 32.9. The third kappa shape index (κ3) is 23.1. The number of para-hydroxylation sites is 5. The second kappa shape index (κ2) is 47.9. The standard InChI is InChI=1S/2C27H32N2O4.C23H26N2O2.C20H19NO3.C19H17NO3.C4H8O.CH3I.CH4/c2*1-27-16-15-23(27)29(26(32)33-18-19-8-3-2-4-9-19)22-11-6-5-10-21(22)25(27)28(20-13-14-20)17-7-12-24(30)31;1-23-14-13-20(23)25(22(26)27-15-16-7-3-2-4-8-16)19-10-6-5-9-18(19)21(23)24-17-11-12-17;1-20-12-11-17(20)21(16-10-6-5-9-15(16)18(20)22)19(23)24-13-14-7-3-2-4-8-14;21-18-14-8-4-5-9-16(14)20(17-11-10-15(17)18)19(22)23-12-13-6-2-1-3-7-13;1-2-4-5-3-1;1-2;/h2*2-6,8-11,20,23,25H,7,12-18H2,1H3,(H,30,31);2-10,17,20-21,24H,11-15H2,1H3;2-10,17H,11-13H2,1H3;1-9,15,17H,10-12H2;1-4H2;1H3;1H4. The van der Waals surface area contributed by atoms with Gasteiger partial charge >= 0.3 is 42.4 Å². The quantitative estimate of drug-likeness (QED) is 0.0288. The fourth-order valence-electron chi connectivity index (χ4n) is 24.1. The van der Waals surface area contributed by atoms with Gasteiger partial charge in [-0.15, -0.1) is 0 Å². The molecule has 0 spiro atoms. The molecule has 5 amide bonds. The average Bonchev–Trinajstić information content (AvgIpc) is 1.42. The second-order valence-corrected chi connectivity index (χ2v) is 42.3. The monoisotopic (exact) mass is 2120 g/mol. The SMILES string of the molecule is C.C1CCOC1.CC12CCC1N(C(=O)OCc1ccccc1)c1ccccc1C2=O.CC12CCC1N(C(=O)OCc1ccccc1)c1ccccc1C2N(CCCC(=O)O)C1CC1.CC12CCC1N(C(=O)OCc1ccccc1)c1ccccc1C2N(CCCC(=O)O)C1CC1.CC12CCC1N(C(=O)OCc1ccccc1)c1ccccc1C2NC1CC1.CI.O=C1c2ccccc2N(C(=O)OCc2ccccc2)C2CCC12. The maximum atomic E-state index is 13.4. The molecule has 10 aromatic carbocycles. The molecule has 3 N–H and O–H groups in total. The van der Waals surface area contributed by atoms with Gasteiger partial charge in [0.15, 0.2) is 11.6 Å². The molecule has 26 heteroatoms. The molecule has 13 unspecified atom stereocenters. The van der Waals surface area contributed by atoms with Crippen LogP contribution in [0.4, 0.5) is 52.4 Å². The fraction of sp³-hybridized carbons (Fsp3) is 0.434. The van der Waals surface area contributed by atoms with E-state index in [9.17, 15) is 43.2 Å². The van der Waals surface area contributed by atoms with Crippen LogP contribution >= 0.6 is 22.6 Å². The van der Waals surface area contributed by atoms with Crippen LogP contribution in [0.3, 0.4) is 0 Å². The first-order chi connectivity index (χ1) is 71.5. The van der Waals surface area contributed by atoms with Gasteiger partial charge in [-0.05, 0) is 233 Å². The summed E-state index contributed by atoms with van der Waals surface area (Å²) in [5, 5.41) is 22.2. The molecule has 8 aliphatic carbocycles. The maximum Gasteiger partial charge on any atom is 0.414 e. The number of carboxylic acids is 2. The largest absolute Gasteiger partial charge is 0.481 e. The lowest BCUT2D eigenvalue weighted by atomic mass is 9.56. The van der Waals surface area contributed by atoms with E-state index in [1.807, 2.05) is 257 Å². The zero-order valence-corrected chi connectivity index (χ0v) is 87.0. The first-order valence-corrected chi connectivity index (χ1v) is 54.9. The minimum Gasteiger partial charge on any atom is -0.481 e. The number of anilines is 5. The Bertz CT molecular complexity index is 6100. The number of carbonyl (C=O) groups excluding carboxylic acids is 7. The van der Waals surface area contributed by atoms with Crippen LogP contribution in [0.25, 0.3) is 0 Å². The lowest BCUT2D eigenvalue weighted by Crippen LogP contribution is -2.64. The molecule has 148 heavy (non-hydrogen) atoms. The highest BCUT2D eigenvalue weighted by Crippen LogP contribution is 2.65. The number of rotatable bonds is 24. The molecule has 10 aromatic rings. The number of carboxylic acid groups (broad SMARTS) is 2. The van der Waals surface area contributed by atoms with Gasteiger partial charge in [-0.3, -0.25) is 53.5 Å². The number of nitrogens with one attached hydrogen (secondary N) is 1. The van der Waals surface area contributed by atoms with Crippen molar-refractivity contribution in [2.75, 3.05) is 55.7 Å². The van der Waals surface area contributed by atoms with Crippen molar-refractivity contribution in [3.63, 3.8) is 0 Å². The van der Waals surface area contributed by atoms with Crippen molar-refractivity contribution in [1.29, 1.82) is 0 Å². The summed E-state index contributed by atoms with van der Waals surface area (Å²) in [6, 6.07) is 90.6. The Morgan fingerprint density at radius 1 is 0.365 bits per heavy atom. The Balaban J connectivity index is 0.000000125. The third-order valence-electron chi connectivity index (χ3n) is 32.9. The molecule has 9 fully saturated rings. The lowest BCUT2D eigenvalue weighted by molar-refractivity contribution is -0.138. The highest BCUT2D eigenvalue weighted by Gasteiger charge is 2.64. The van der Waals surface area contributed by atoms with Crippen LogP contribution in [0.1, 0.15) is 260 Å². The molecule has 0 aromatic heterocycles. The molecule has 13 atom stereocenters. The first kappa shape index (κ1) is 107. The van der Waals surface area contributed by atoms with E-state index >= 15 is 0 Å². The number of alkyl halides is 1. The second-order valence-electron chi connectivity index (χ2n) is 42.3. The number of fused-ring (bicyclic) bond motifs is 10. The fourth-order valence-corrected chi connectivity index (χ4v) is 24.1. The molecule has 778 valence electrons. The smallest absolute Gasteiger partial charge is 0.414 e. The number of amides is 5. The Morgan fingerprint density at radius 2 is 0.682 bits per heavy atom. The van der Waals surface area contributed by atoms with E-state index < -0.39 is 17.4 Å². The minimum absolute atomic E-state index is 0. The zero-order valence-electron chi connectivity index (χ0n) is 84.9. The molecule has 6 aliphatic heterocycles. The Labute approximate surface area is 883 Å². The molecule has 8 saturated carbocycles. The normalized spacial score (nSPS) is 24.9. The number of ketones is 2. The number of nitrogens with zero attached hydrogens (tertiary/aromatic N) is 7. The van der Waals surface area contributed by atoms with Crippen LogP contribution in [-0.2, 0) is 71.0 Å². The number of ether oxygens (including phenoxy) is 6. The number of aliphatic carboxylic acids is 2. The van der Waals surface area contributed by atoms with E-state index in [-0.39, 0.29) is 153 Å². The Hall–Kier alpha value is -12.6. The van der Waals surface area contributed by atoms with Crippen molar-refractivity contribution in [3.8, 4) is 0 Å². The summed E-state index contributed by atoms with van der Waals surface area (Å²) in [7, 11) is 0. The molecule has 0 radical (unpaired) electrons. The molecule has 24 rings (SSSR count). The predicted octanol–water partition coefficient (Wildman–Crippen LogP) is 26.1. The molecule has 6 heterocycles. The lowest BCUT2D eigenvalue weighted by Gasteiger charge is -2.61. The number of halogens is 1. The van der Waals surface area contributed by atoms with Crippen LogP contribution in [0.2, 0.25) is 0 Å². The van der Waals surface area contributed by atoms with Crippen molar-refractivity contribution < 1.29 is 81.8 Å². The van der Waals surface area contributed by atoms with Gasteiger partial charge in [0.05, 0.1) is 45.9 Å². The van der Waals surface area contributed by atoms with Crippen LogP contribution in [0.5, 0.6) is 0 Å². The van der Waals surface area contributed by atoms with Crippen molar-refractivity contribution in [3.05, 3.63) is 329 Å². The molecule has 25 nitrogen and oxygen atoms in total. The minimum atomic E-state index is -0.741. The highest BCUT2D eigenvalue weighted by atomic mass is 127. The van der Waals surface area contributed by atoms with Gasteiger partial charge in [0.25, 0.3) is 0 Å². The summed E-state index contributed by atoms with van der Waals surface area (Å²) >= 11 is 2.15. The highest BCUT2D eigenvalue weighted by molar-refractivity contribution is 14.1. The van der Waals surface area contributed by atoms with Gasteiger partial charge in [0, 0.05) is 114 Å². The summed E-state index contributed by atoms with van der Waals surface area (Å²) in [6.45, 7) is 13.7. The van der Waals surface area contributed by atoms with E-state index in [0.717, 1.165) is 172 Å². The van der Waals surface area contributed by atoms with Crippen molar-refractivity contribution in [2.45, 2.75) is 276 Å². The van der Waals surface area contributed by atoms with Crippen molar-refractivity contribution >= 4 is 105 Å². The maximum absolute atomic E-state index is 13.4. The first-order valence-electron chi connectivity index (χ1n) is 52.7. The predicted molar refractivity (Wildman–Crippen MR) is 582 cm³/mol. The van der Waals surface area contributed by atoms with E-state index in [0.29, 0.717) is 66.1 Å². The van der Waals surface area contributed by atoms with E-state index in [4.69, 9.17) is 38.6 Å². The van der Waals surface area contributed by atoms with E-state index in [1.54, 1.807) is 21.9 Å².